The normalized spacial score (nSPS) is 10.7. The van der Waals surface area contributed by atoms with Gasteiger partial charge in [0.1, 0.15) is 0 Å². The van der Waals surface area contributed by atoms with Crippen molar-refractivity contribution in [2.24, 2.45) is 0 Å². The minimum Gasteiger partial charge on any atom is -0.395 e. The Kier molecular flexibility index (Phi) is 8.10. The molecule has 0 aromatic heterocycles. The largest absolute Gasteiger partial charge is 0.395 e. The maximum atomic E-state index is 9.25. The van der Waals surface area contributed by atoms with E-state index in [2.05, 4.69) is 58.2 Å². The lowest BCUT2D eigenvalue weighted by atomic mass is 10.1. The van der Waals surface area contributed by atoms with E-state index in [0.29, 0.717) is 6.54 Å². The summed E-state index contributed by atoms with van der Waals surface area (Å²) in [4.78, 5) is 2.28. The molecule has 0 amide bonds. The molecule has 0 heterocycles. The molecule has 108 valence electrons. The summed E-state index contributed by atoms with van der Waals surface area (Å²) in [6.07, 6.45) is 2.32. The minimum atomic E-state index is 0.195. The summed E-state index contributed by atoms with van der Waals surface area (Å²) in [6.45, 7) is 8.01. The molecule has 0 saturated carbocycles. The molecule has 0 spiro atoms. The summed E-state index contributed by atoms with van der Waals surface area (Å²) in [7, 11) is 0. The second-order valence-electron chi connectivity index (χ2n) is 4.62. The van der Waals surface area contributed by atoms with Gasteiger partial charge in [-0.25, -0.2) is 0 Å². The number of hydrogen-bond donors (Lipinski definition) is 2. The number of unbranched alkanes of at least 4 members (excludes halogenated alkanes) is 1. The van der Waals surface area contributed by atoms with Gasteiger partial charge in [-0.3, -0.25) is 0 Å². The quantitative estimate of drug-likeness (QED) is 0.730. The molecule has 0 aliphatic heterocycles. The number of anilines is 1. The summed E-state index contributed by atoms with van der Waals surface area (Å²) >= 11 is 3.53. The molecule has 1 rings (SSSR count). The van der Waals surface area contributed by atoms with Crippen LogP contribution in [0.5, 0.6) is 0 Å². The topological polar surface area (TPSA) is 35.5 Å². The molecule has 0 bridgehead atoms. The molecular formula is C15H25BrN2O. The van der Waals surface area contributed by atoms with Crippen LogP contribution in [0.1, 0.15) is 32.3 Å². The molecular weight excluding hydrogens is 304 g/mol. The SMILES string of the molecule is CCCCN(CCO)c1ccc(Br)cc1CNCC. The third-order valence-corrected chi connectivity index (χ3v) is 3.59. The van der Waals surface area contributed by atoms with E-state index in [4.69, 9.17) is 0 Å². The Morgan fingerprint density at radius 1 is 1.26 bits per heavy atom. The number of hydrogen-bond acceptors (Lipinski definition) is 3. The molecule has 0 aliphatic rings. The third kappa shape index (κ3) is 5.51. The van der Waals surface area contributed by atoms with E-state index in [9.17, 15) is 5.11 Å². The van der Waals surface area contributed by atoms with Gasteiger partial charge >= 0.3 is 0 Å². The van der Waals surface area contributed by atoms with Crippen molar-refractivity contribution in [3.05, 3.63) is 28.2 Å². The number of nitrogens with one attached hydrogen (secondary N) is 1. The van der Waals surface area contributed by atoms with Crippen molar-refractivity contribution in [3.8, 4) is 0 Å². The highest BCUT2D eigenvalue weighted by Crippen LogP contribution is 2.25. The van der Waals surface area contributed by atoms with Crippen LogP contribution < -0.4 is 10.2 Å². The lowest BCUT2D eigenvalue weighted by Crippen LogP contribution is -2.29. The number of benzene rings is 1. The fourth-order valence-corrected chi connectivity index (χ4v) is 2.49. The molecule has 0 aliphatic carbocycles. The van der Waals surface area contributed by atoms with Gasteiger partial charge in [-0.15, -0.1) is 0 Å². The second-order valence-corrected chi connectivity index (χ2v) is 5.53. The van der Waals surface area contributed by atoms with E-state index in [1.165, 1.54) is 17.7 Å². The fourth-order valence-electron chi connectivity index (χ4n) is 2.09. The lowest BCUT2D eigenvalue weighted by Gasteiger charge is -2.26. The van der Waals surface area contributed by atoms with Crippen LogP contribution in [0.4, 0.5) is 5.69 Å². The van der Waals surface area contributed by atoms with Crippen molar-refractivity contribution in [2.45, 2.75) is 33.2 Å². The predicted octanol–water partition coefficient (Wildman–Crippen LogP) is 3.16. The Morgan fingerprint density at radius 2 is 2.05 bits per heavy atom. The van der Waals surface area contributed by atoms with Gasteiger partial charge in [-0.05, 0) is 36.7 Å². The van der Waals surface area contributed by atoms with Gasteiger partial charge in [0, 0.05) is 29.8 Å². The second kappa shape index (κ2) is 9.34. The van der Waals surface area contributed by atoms with Crippen LogP contribution in [0.15, 0.2) is 22.7 Å². The molecule has 1 aromatic carbocycles. The first kappa shape index (κ1) is 16.5. The number of aliphatic hydroxyl groups is 1. The van der Waals surface area contributed by atoms with Gasteiger partial charge in [-0.2, -0.15) is 0 Å². The molecule has 1 aromatic rings. The number of aliphatic hydroxyl groups excluding tert-OH is 1. The Hall–Kier alpha value is -0.580. The Morgan fingerprint density at radius 3 is 2.68 bits per heavy atom. The number of rotatable bonds is 9. The summed E-state index contributed by atoms with van der Waals surface area (Å²) in [5, 5.41) is 12.6. The van der Waals surface area contributed by atoms with Gasteiger partial charge in [0.15, 0.2) is 0 Å². The zero-order chi connectivity index (χ0) is 14.1. The van der Waals surface area contributed by atoms with Crippen LogP contribution in [0.3, 0.4) is 0 Å². The molecule has 4 heteroatoms. The molecule has 0 saturated heterocycles. The molecule has 0 atom stereocenters. The number of halogens is 1. The van der Waals surface area contributed by atoms with E-state index < -0.39 is 0 Å². The van der Waals surface area contributed by atoms with Crippen LogP contribution >= 0.6 is 15.9 Å². The van der Waals surface area contributed by atoms with Gasteiger partial charge in [0.25, 0.3) is 0 Å². The predicted molar refractivity (Wildman–Crippen MR) is 85.7 cm³/mol. The van der Waals surface area contributed by atoms with Crippen molar-refractivity contribution >= 4 is 21.6 Å². The van der Waals surface area contributed by atoms with Crippen LogP contribution in [0, 0.1) is 0 Å². The fraction of sp³-hybridized carbons (Fsp3) is 0.600. The minimum absolute atomic E-state index is 0.195. The Bertz CT molecular complexity index is 371. The van der Waals surface area contributed by atoms with Crippen LogP contribution in [0.2, 0.25) is 0 Å². The Labute approximate surface area is 125 Å². The molecule has 3 nitrogen and oxygen atoms in total. The summed E-state index contributed by atoms with van der Waals surface area (Å²) in [5.74, 6) is 0. The maximum Gasteiger partial charge on any atom is 0.0606 e. The average Bonchev–Trinajstić information content (AvgIpc) is 2.41. The van der Waals surface area contributed by atoms with E-state index in [-0.39, 0.29) is 6.61 Å². The summed E-state index contributed by atoms with van der Waals surface area (Å²) in [6, 6.07) is 6.37. The first-order valence-electron chi connectivity index (χ1n) is 7.07. The molecule has 0 unspecified atom stereocenters. The standard InChI is InChI=1S/C15H25BrN2O/c1-3-5-8-18(9-10-19)15-7-6-14(16)11-13(15)12-17-4-2/h6-7,11,17,19H,3-5,8-10,12H2,1-2H3. The first-order valence-corrected chi connectivity index (χ1v) is 7.87. The van der Waals surface area contributed by atoms with Gasteiger partial charge in [0.2, 0.25) is 0 Å². The molecule has 2 N–H and O–H groups in total. The monoisotopic (exact) mass is 328 g/mol. The Balaban J connectivity index is 2.91. The molecule has 0 fully saturated rings. The lowest BCUT2D eigenvalue weighted by molar-refractivity contribution is 0.301. The van der Waals surface area contributed by atoms with Crippen LogP contribution in [0.25, 0.3) is 0 Å². The number of nitrogens with zero attached hydrogens (tertiary/aromatic N) is 1. The van der Waals surface area contributed by atoms with Gasteiger partial charge < -0.3 is 15.3 Å². The zero-order valence-corrected chi connectivity index (χ0v) is 13.5. The molecule has 19 heavy (non-hydrogen) atoms. The van der Waals surface area contributed by atoms with Crippen LogP contribution in [-0.2, 0) is 6.54 Å². The smallest absolute Gasteiger partial charge is 0.0606 e. The maximum absolute atomic E-state index is 9.25. The highest BCUT2D eigenvalue weighted by Gasteiger charge is 2.10. The van der Waals surface area contributed by atoms with E-state index >= 15 is 0 Å². The first-order chi connectivity index (χ1) is 9.22. The van der Waals surface area contributed by atoms with E-state index in [0.717, 1.165) is 30.5 Å². The zero-order valence-electron chi connectivity index (χ0n) is 12.0. The van der Waals surface area contributed by atoms with Gasteiger partial charge in [0.05, 0.1) is 6.61 Å². The van der Waals surface area contributed by atoms with E-state index in [1.807, 2.05) is 0 Å². The van der Waals surface area contributed by atoms with Crippen molar-refractivity contribution in [3.63, 3.8) is 0 Å². The third-order valence-electron chi connectivity index (χ3n) is 3.10. The van der Waals surface area contributed by atoms with Crippen molar-refractivity contribution < 1.29 is 5.11 Å². The molecule has 0 radical (unpaired) electrons. The highest BCUT2D eigenvalue weighted by atomic mass is 79.9. The summed E-state index contributed by atoms with van der Waals surface area (Å²) in [5.41, 5.74) is 2.51. The van der Waals surface area contributed by atoms with Crippen molar-refractivity contribution in [1.82, 2.24) is 5.32 Å². The highest BCUT2D eigenvalue weighted by molar-refractivity contribution is 9.10. The van der Waals surface area contributed by atoms with Crippen LogP contribution in [-0.4, -0.2) is 31.3 Å². The van der Waals surface area contributed by atoms with Gasteiger partial charge in [-0.1, -0.05) is 36.2 Å². The average molecular weight is 329 g/mol. The summed E-state index contributed by atoms with van der Waals surface area (Å²) < 4.78 is 1.10. The van der Waals surface area contributed by atoms with Crippen molar-refractivity contribution in [2.75, 3.05) is 31.1 Å². The van der Waals surface area contributed by atoms with Crippen molar-refractivity contribution in [1.29, 1.82) is 0 Å². The van der Waals surface area contributed by atoms with E-state index in [1.54, 1.807) is 0 Å².